The van der Waals surface area contributed by atoms with Crippen molar-refractivity contribution in [3.05, 3.63) is 0 Å². The zero-order valence-electron chi connectivity index (χ0n) is 8.28. The summed E-state index contributed by atoms with van der Waals surface area (Å²) >= 11 is 0. The van der Waals surface area contributed by atoms with Crippen LogP contribution in [-0.2, 0) is 4.79 Å². The number of aliphatic hydroxyl groups is 1. The van der Waals surface area contributed by atoms with Gasteiger partial charge >= 0.3 is 5.97 Å². The van der Waals surface area contributed by atoms with Gasteiger partial charge < -0.3 is 10.2 Å². The van der Waals surface area contributed by atoms with E-state index in [0.29, 0.717) is 19.0 Å². The molecular weight excluding hydrogens is 182 g/mol. The van der Waals surface area contributed by atoms with Gasteiger partial charge in [-0.2, -0.15) is 0 Å². The predicted molar refractivity (Wildman–Crippen MR) is 51.0 cm³/mol. The summed E-state index contributed by atoms with van der Waals surface area (Å²) in [4.78, 5) is 12.8. The normalized spacial score (nSPS) is 38.2. The molecule has 80 valence electrons. The predicted octanol–water partition coefficient (Wildman–Crippen LogP) is 0.450. The van der Waals surface area contributed by atoms with Crippen molar-refractivity contribution in [3.63, 3.8) is 0 Å². The standard InChI is InChI=1S/C10H17NO3/c12-9(13)6-10(14)5-8-3-1-2-4-11(8)7-10/h8,14H,1-7H2,(H,12,13). The number of aliphatic carboxylic acids is 1. The third-order valence-electron chi connectivity index (χ3n) is 3.34. The fourth-order valence-electron chi connectivity index (χ4n) is 2.79. The lowest BCUT2D eigenvalue weighted by molar-refractivity contribution is -0.142. The first-order valence-electron chi connectivity index (χ1n) is 5.27. The van der Waals surface area contributed by atoms with Gasteiger partial charge in [-0.1, -0.05) is 6.42 Å². The second kappa shape index (κ2) is 3.51. The third-order valence-corrected chi connectivity index (χ3v) is 3.34. The number of hydrogen-bond acceptors (Lipinski definition) is 3. The van der Waals surface area contributed by atoms with Crippen molar-refractivity contribution in [1.29, 1.82) is 0 Å². The molecule has 0 spiro atoms. The second-order valence-corrected chi connectivity index (χ2v) is 4.62. The summed E-state index contributed by atoms with van der Waals surface area (Å²) in [6, 6.07) is 0.424. The summed E-state index contributed by atoms with van der Waals surface area (Å²) in [6.45, 7) is 1.57. The van der Waals surface area contributed by atoms with Crippen LogP contribution in [0.2, 0.25) is 0 Å². The Hall–Kier alpha value is -0.610. The van der Waals surface area contributed by atoms with Gasteiger partial charge in [0.25, 0.3) is 0 Å². The number of carboxylic acid groups (broad SMARTS) is 1. The van der Waals surface area contributed by atoms with Crippen molar-refractivity contribution in [2.45, 2.75) is 43.7 Å². The van der Waals surface area contributed by atoms with E-state index in [1.807, 2.05) is 0 Å². The Balaban J connectivity index is 2.00. The summed E-state index contributed by atoms with van der Waals surface area (Å²) in [5, 5.41) is 18.8. The first-order chi connectivity index (χ1) is 6.59. The van der Waals surface area contributed by atoms with Crippen LogP contribution in [-0.4, -0.2) is 45.8 Å². The van der Waals surface area contributed by atoms with Crippen LogP contribution < -0.4 is 0 Å². The lowest BCUT2D eigenvalue weighted by atomic mass is 9.94. The molecule has 2 atom stereocenters. The first kappa shape index (κ1) is 9.93. The Labute approximate surface area is 83.5 Å². The van der Waals surface area contributed by atoms with Crippen LogP contribution in [0, 0.1) is 0 Å². The lowest BCUT2D eigenvalue weighted by Crippen LogP contribution is -2.37. The summed E-state index contributed by atoms with van der Waals surface area (Å²) in [5.41, 5.74) is -0.971. The molecule has 2 aliphatic rings. The molecule has 0 aliphatic carbocycles. The molecule has 0 aromatic carbocycles. The third kappa shape index (κ3) is 1.91. The van der Waals surface area contributed by atoms with Crippen molar-refractivity contribution in [2.24, 2.45) is 0 Å². The van der Waals surface area contributed by atoms with E-state index in [0.717, 1.165) is 13.0 Å². The van der Waals surface area contributed by atoms with Crippen LogP contribution in [0.1, 0.15) is 32.1 Å². The topological polar surface area (TPSA) is 60.8 Å². The summed E-state index contributed by atoms with van der Waals surface area (Å²) in [5.74, 6) is -0.896. The molecule has 4 nitrogen and oxygen atoms in total. The van der Waals surface area contributed by atoms with Crippen LogP contribution >= 0.6 is 0 Å². The zero-order chi connectivity index (χ0) is 10.2. The van der Waals surface area contributed by atoms with Crippen LogP contribution in [0.25, 0.3) is 0 Å². The van der Waals surface area contributed by atoms with Crippen molar-refractivity contribution in [1.82, 2.24) is 4.90 Å². The molecule has 2 unspecified atom stereocenters. The molecule has 2 fully saturated rings. The van der Waals surface area contributed by atoms with Gasteiger partial charge in [0, 0.05) is 12.6 Å². The number of carbonyl (C=O) groups is 1. The van der Waals surface area contributed by atoms with Crippen LogP contribution in [0.15, 0.2) is 0 Å². The summed E-state index contributed by atoms with van der Waals surface area (Å²) in [6.07, 6.45) is 4.03. The smallest absolute Gasteiger partial charge is 0.306 e. The highest BCUT2D eigenvalue weighted by Gasteiger charge is 2.44. The molecule has 14 heavy (non-hydrogen) atoms. The Morgan fingerprint density at radius 2 is 2.29 bits per heavy atom. The Bertz CT molecular complexity index is 228. The van der Waals surface area contributed by atoms with E-state index in [4.69, 9.17) is 5.11 Å². The molecule has 2 N–H and O–H groups in total. The number of fused-ring (bicyclic) bond motifs is 1. The van der Waals surface area contributed by atoms with Gasteiger partial charge in [0.05, 0.1) is 12.0 Å². The monoisotopic (exact) mass is 199 g/mol. The number of carboxylic acids is 1. The van der Waals surface area contributed by atoms with Gasteiger partial charge in [-0.15, -0.1) is 0 Å². The lowest BCUT2D eigenvalue weighted by Gasteiger charge is -2.28. The quantitative estimate of drug-likeness (QED) is 0.678. The van der Waals surface area contributed by atoms with Crippen molar-refractivity contribution in [3.8, 4) is 0 Å². The highest BCUT2D eigenvalue weighted by atomic mass is 16.4. The van der Waals surface area contributed by atoms with Gasteiger partial charge in [-0.3, -0.25) is 9.69 Å². The minimum absolute atomic E-state index is 0.111. The van der Waals surface area contributed by atoms with Crippen LogP contribution in [0.4, 0.5) is 0 Å². The van der Waals surface area contributed by atoms with Crippen molar-refractivity contribution in [2.75, 3.05) is 13.1 Å². The highest BCUT2D eigenvalue weighted by molar-refractivity contribution is 5.68. The molecule has 0 radical (unpaired) electrons. The molecule has 2 rings (SSSR count). The SMILES string of the molecule is O=C(O)CC1(O)CC2CCCCN2C1. The van der Waals surface area contributed by atoms with Crippen molar-refractivity contribution < 1.29 is 15.0 Å². The Kier molecular flexibility index (Phi) is 2.49. The second-order valence-electron chi connectivity index (χ2n) is 4.62. The molecule has 0 bridgehead atoms. The van der Waals surface area contributed by atoms with Crippen LogP contribution in [0.5, 0.6) is 0 Å². The maximum absolute atomic E-state index is 10.6. The molecule has 4 heteroatoms. The van der Waals surface area contributed by atoms with Crippen LogP contribution in [0.3, 0.4) is 0 Å². The fourth-order valence-corrected chi connectivity index (χ4v) is 2.79. The summed E-state index contributed by atoms with van der Waals surface area (Å²) in [7, 11) is 0. The average molecular weight is 199 g/mol. The number of rotatable bonds is 2. The maximum atomic E-state index is 10.6. The molecule has 2 saturated heterocycles. The van der Waals surface area contributed by atoms with Gasteiger partial charge in [0.15, 0.2) is 0 Å². The minimum Gasteiger partial charge on any atom is -0.481 e. The molecular formula is C10H17NO3. The average Bonchev–Trinajstić information content (AvgIpc) is 2.38. The molecule has 2 aliphatic heterocycles. The van der Waals surface area contributed by atoms with E-state index in [9.17, 15) is 9.90 Å². The van der Waals surface area contributed by atoms with E-state index in [-0.39, 0.29) is 6.42 Å². The van der Waals surface area contributed by atoms with Gasteiger partial charge in [0.1, 0.15) is 0 Å². The van der Waals surface area contributed by atoms with E-state index in [1.54, 1.807) is 0 Å². The largest absolute Gasteiger partial charge is 0.481 e. The van der Waals surface area contributed by atoms with E-state index >= 15 is 0 Å². The van der Waals surface area contributed by atoms with Gasteiger partial charge in [0.2, 0.25) is 0 Å². The molecule has 0 aromatic rings. The number of nitrogens with zero attached hydrogens (tertiary/aromatic N) is 1. The zero-order valence-corrected chi connectivity index (χ0v) is 8.28. The number of piperidine rings is 1. The van der Waals surface area contributed by atoms with E-state index in [2.05, 4.69) is 4.90 Å². The van der Waals surface area contributed by atoms with Gasteiger partial charge in [-0.25, -0.2) is 0 Å². The first-order valence-corrected chi connectivity index (χ1v) is 5.27. The molecule has 2 heterocycles. The van der Waals surface area contributed by atoms with Crippen molar-refractivity contribution >= 4 is 5.97 Å². The Morgan fingerprint density at radius 3 is 2.93 bits per heavy atom. The summed E-state index contributed by atoms with van der Waals surface area (Å²) < 4.78 is 0. The Morgan fingerprint density at radius 1 is 1.50 bits per heavy atom. The molecule has 0 amide bonds. The molecule has 0 aromatic heterocycles. The highest BCUT2D eigenvalue weighted by Crippen LogP contribution is 2.34. The van der Waals surface area contributed by atoms with E-state index < -0.39 is 11.6 Å². The fraction of sp³-hybridized carbons (Fsp3) is 0.900. The van der Waals surface area contributed by atoms with E-state index in [1.165, 1.54) is 12.8 Å². The minimum atomic E-state index is -0.971. The maximum Gasteiger partial charge on any atom is 0.306 e. The van der Waals surface area contributed by atoms with Gasteiger partial charge in [-0.05, 0) is 25.8 Å². The number of hydrogen-bond donors (Lipinski definition) is 2. The molecule has 0 saturated carbocycles.